The second kappa shape index (κ2) is 8.08. The summed E-state index contributed by atoms with van der Waals surface area (Å²) >= 11 is 1.85. The molecule has 0 aliphatic rings. The Morgan fingerprint density at radius 3 is 2.55 bits per heavy atom. The van der Waals surface area contributed by atoms with Crippen molar-refractivity contribution in [1.82, 2.24) is 4.90 Å². The first kappa shape index (κ1) is 15.1. The molecule has 1 aromatic carbocycles. The standard InChI is InChI=1S/C17H24N2S/c1-15(2)19(14-17-10-6-13-20-17)12-7-11-18-16-8-4-3-5-9-16/h3-6,8-10,13,15,18H,7,11-12,14H2,1-2H3. The molecule has 0 fully saturated rings. The molecule has 3 heteroatoms. The lowest BCUT2D eigenvalue weighted by Crippen LogP contribution is -2.31. The Balaban J connectivity index is 1.72. The third-order valence-corrected chi connectivity index (χ3v) is 4.26. The van der Waals surface area contributed by atoms with Gasteiger partial charge in [0.05, 0.1) is 0 Å². The fourth-order valence-corrected chi connectivity index (χ4v) is 2.92. The minimum atomic E-state index is 0.592. The Kier molecular flexibility index (Phi) is 6.09. The summed E-state index contributed by atoms with van der Waals surface area (Å²) in [4.78, 5) is 3.99. The Morgan fingerprint density at radius 2 is 1.90 bits per heavy atom. The van der Waals surface area contributed by atoms with Crippen LogP contribution in [0, 0.1) is 0 Å². The topological polar surface area (TPSA) is 15.3 Å². The van der Waals surface area contributed by atoms with Crippen molar-refractivity contribution in [3.8, 4) is 0 Å². The van der Waals surface area contributed by atoms with Crippen LogP contribution >= 0.6 is 11.3 Å². The zero-order valence-corrected chi connectivity index (χ0v) is 13.2. The van der Waals surface area contributed by atoms with E-state index >= 15 is 0 Å². The lowest BCUT2D eigenvalue weighted by Gasteiger charge is -2.26. The molecule has 2 aromatic rings. The average Bonchev–Trinajstić information content (AvgIpc) is 2.96. The minimum Gasteiger partial charge on any atom is -0.385 e. The van der Waals surface area contributed by atoms with Crippen LogP contribution in [0.4, 0.5) is 5.69 Å². The maximum atomic E-state index is 3.47. The van der Waals surface area contributed by atoms with Gasteiger partial charge in [0.25, 0.3) is 0 Å². The largest absolute Gasteiger partial charge is 0.385 e. The maximum absolute atomic E-state index is 3.47. The fourth-order valence-electron chi connectivity index (χ4n) is 2.19. The summed E-state index contributed by atoms with van der Waals surface area (Å²) in [6.07, 6.45) is 1.17. The average molecular weight is 288 g/mol. The molecule has 0 saturated carbocycles. The van der Waals surface area contributed by atoms with Crippen molar-refractivity contribution in [3.63, 3.8) is 0 Å². The fraction of sp³-hybridized carbons (Fsp3) is 0.412. The Hall–Kier alpha value is -1.32. The molecule has 0 atom stereocenters. The molecule has 0 aliphatic heterocycles. The van der Waals surface area contributed by atoms with Gasteiger partial charge in [0.1, 0.15) is 0 Å². The molecule has 20 heavy (non-hydrogen) atoms. The van der Waals surface area contributed by atoms with Crippen LogP contribution in [-0.2, 0) is 6.54 Å². The van der Waals surface area contributed by atoms with Crippen molar-refractivity contribution in [2.24, 2.45) is 0 Å². The number of rotatable bonds is 8. The normalized spacial score (nSPS) is 11.2. The molecule has 2 rings (SSSR count). The highest BCUT2D eigenvalue weighted by molar-refractivity contribution is 7.09. The number of nitrogens with one attached hydrogen (secondary N) is 1. The predicted molar refractivity (Wildman–Crippen MR) is 89.4 cm³/mol. The van der Waals surface area contributed by atoms with Crippen molar-refractivity contribution in [3.05, 3.63) is 52.7 Å². The van der Waals surface area contributed by atoms with Crippen LogP contribution in [0.5, 0.6) is 0 Å². The van der Waals surface area contributed by atoms with E-state index in [0.717, 1.165) is 19.6 Å². The van der Waals surface area contributed by atoms with E-state index in [1.165, 1.54) is 17.0 Å². The van der Waals surface area contributed by atoms with E-state index in [4.69, 9.17) is 0 Å². The zero-order valence-electron chi connectivity index (χ0n) is 12.4. The second-order valence-electron chi connectivity index (χ2n) is 5.29. The first-order valence-electron chi connectivity index (χ1n) is 7.31. The van der Waals surface area contributed by atoms with Crippen LogP contribution < -0.4 is 5.32 Å². The van der Waals surface area contributed by atoms with E-state index in [1.807, 2.05) is 17.4 Å². The highest BCUT2D eigenvalue weighted by atomic mass is 32.1. The number of thiophene rings is 1. The molecule has 0 aliphatic carbocycles. The summed E-state index contributed by atoms with van der Waals surface area (Å²) in [6, 6.07) is 15.4. The number of nitrogens with zero attached hydrogens (tertiary/aromatic N) is 1. The summed E-state index contributed by atoms with van der Waals surface area (Å²) in [5.74, 6) is 0. The molecular formula is C17H24N2S. The Labute approximate surface area is 126 Å². The van der Waals surface area contributed by atoms with Crippen molar-refractivity contribution in [2.75, 3.05) is 18.4 Å². The molecular weight excluding hydrogens is 264 g/mol. The SMILES string of the molecule is CC(C)N(CCCNc1ccccc1)Cc1cccs1. The van der Waals surface area contributed by atoms with Crippen molar-refractivity contribution < 1.29 is 0 Å². The van der Waals surface area contributed by atoms with E-state index in [0.29, 0.717) is 6.04 Å². The van der Waals surface area contributed by atoms with Gasteiger partial charge >= 0.3 is 0 Å². The molecule has 0 amide bonds. The summed E-state index contributed by atoms with van der Waals surface area (Å²) in [5.41, 5.74) is 1.21. The van der Waals surface area contributed by atoms with E-state index in [1.54, 1.807) is 0 Å². The molecule has 1 aromatic heterocycles. The van der Waals surface area contributed by atoms with Crippen LogP contribution in [0.2, 0.25) is 0 Å². The summed E-state index contributed by atoms with van der Waals surface area (Å²) in [7, 11) is 0. The smallest absolute Gasteiger partial charge is 0.0340 e. The van der Waals surface area contributed by atoms with E-state index < -0.39 is 0 Å². The number of para-hydroxylation sites is 1. The van der Waals surface area contributed by atoms with Gasteiger partial charge < -0.3 is 5.32 Å². The maximum Gasteiger partial charge on any atom is 0.0340 e. The van der Waals surface area contributed by atoms with E-state index in [-0.39, 0.29) is 0 Å². The Morgan fingerprint density at radius 1 is 1.10 bits per heavy atom. The van der Waals surface area contributed by atoms with Crippen LogP contribution in [0.3, 0.4) is 0 Å². The summed E-state index contributed by atoms with van der Waals surface area (Å²) in [6.45, 7) is 7.78. The molecule has 1 heterocycles. The molecule has 0 saturated heterocycles. The molecule has 108 valence electrons. The van der Waals surface area contributed by atoms with Gasteiger partial charge in [-0.2, -0.15) is 0 Å². The Bertz CT molecular complexity index is 465. The van der Waals surface area contributed by atoms with Gasteiger partial charge in [-0.3, -0.25) is 4.90 Å². The third kappa shape index (κ3) is 4.99. The van der Waals surface area contributed by atoms with Gasteiger partial charge in [0.2, 0.25) is 0 Å². The quantitative estimate of drug-likeness (QED) is 0.721. The van der Waals surface area contributed by atoms with E-state index in [2.05, 4.69) is 65.8 Å². The molecule has 1 N–H and O–H groups in total. The first-order chi connectivity index (χ1) is 9.75. The predicted octanol–water partition coefficient (Wildman–Crippen LogP) is 4.46. The van der Waals surface area contributed by atoms with Gasteiger partial charge in [-0.05, 0) is 43.8 Å². The second-order valence-corrected chi connectivity index (χ2v) is 6.32. The monoisotopic (exact) mass is 288 g/mol. The summed E-state index contributed by atoms with van der Waals surface area (Å²) < 4.78 is 0. The highest BCUT2D eigenvalue weighted by Crippen LogP contribution is 2.14. The molecule has 0 unspecified atom stereocenters. The molecule has 2 nitrogen and oxygen atoms in total. The molecule has 0 radical (unpaired) electrons. The molecule has 0 bridgehead atoms. The highest BCUT2D eigenvalue weighted by Gasteiger charge is 2.10. The van der Waals surface area contributed by atoms with Crippen LogP contribution in [0.15, 0.2) is 47.8 Å². The summed E-state index contributed by atoms with van der Waals surface area (Å²) in [5, 5.41) is 5.63. The number of hydrogen-bond acceptors (Lipinski definition) is 3. The van der Waals surface area contributed by atoms with E-state index in [9.17, 15) is 0 Å². The first-order valence-corrected chi connectivity index (χ1v) is 8.19. The zero-order chi connectivity index (χ0) is 14.2. The van der Waals surface area contributed by atoms with Crippen molar-refractivity contribution >= 4 is 17.0 Å². The van der Waals surface area contributed by atoms with Gasteiger partial charge in [-0.1, -0.05) is 24.3 Å². The van der Waals surface area contributed by atoms with Gasteiger partial charge in [-0.15, -0.1) is 11.3 Å². The lowest BCUT2D eigenvalue weighted by molar-refractivity contribution is 0.214. The number of benzene rings is 1. The van der Waals surface area contributed by atoms with Crippen LogP contribution in [-0.4, -0.2) is 24.0 Å². The van der Waals surface area contributed by atoms with Crippen LogP contribution in [0.1, 0.15) is 25.1 Å². The number of anilines is 1. The van der Waals surface area contributed by atoms with Gasteiger partial charge in [-0.25, -0.2) is 0 Å². The minimum absolute atomic E-state index is 0.592. The number of hydrogen-bond donors (Lipinski definition) is 1. The van der Waals surface area contributed by atoms with Crippen LogP contribution in [0.25, 0.3) is 0 Å². The van der Waals surface area contributed by atoms with Gasteiger partial charge in [0.15, 0.2) is 0 Å². The van der Waals surface area contributed by atoms with Crippen molar-refractivity contribution in [2.45, 2.75) is 32.9 Å². The third-order valence-electron chi connectivity index (χ3n) is 3.39. The van der Waals surface area contributed by atoms with Crippen molar-refractivity contribution in [1.29, 1.82) is 0 Å². The van der Waals surface area contributed by atoms with Gasteiger partial charge in [0, 0.05) is 36.2 Å². The lowest BCUT2D eigenvalue weighted by atomic mass is 10.2. The molecule has 0 spiro atoms.